The van der Waals surface area contributed by atoms with E-state index in [0.29, 0.717) is 0 Å². The summed E-state index contributed by atoms with van der Waals surface area (Å²) in [6.45, 7) is 7.22. The lowest BCUT2D eigenvalue weighted by Crippen LogP contribution is -2.52. The van der Waals surface area contributed by atoms with Crippen molar-refractivity contribution in [2.24, 2.45) is 0 Å². The lowest BCUT2D eigenvalue weighted by atomic mass is 10.1. The van der Waals surface area contributed by atoms with E-state index in [4.69, 9.17) is 0 Å². The number of hydrogen-bond acceptors (Lipinski definition) is 4. The summed E-state index contributed by atoms with van der Waals surface area (Å²) in [5.74, 6) is -0.168. The largest absolute Gasteiger partial charge is 0.369 e. The van der Waals surface area contributed by atoms with Gasteiger partial charge in [-0.05, 0) is 37.1 Å². The molecule has 0 N–H and O–H groups in total. The van der Waals surface area contributed by atoms with Gasteiger partial charge >= 0.3 is 0 Å². The van der Waals surface area contributed by atoms with Gasteiger partial charge in [0, 0.05) is 31.9 Å². The van der Waals surface area contributed by atoms with Crippen LogP contribution in [0.15, 0.2) is 48.5 Å². The van der Waals surface area contributed by atoms with Crippen LogP contribution in [0.3, 0.4) is 0 Å². The average molecular weight is 363 g/mol. The third-order valence-corrected chi connectivity index (χ3v) is 5.66. The Kier molecular flexibility index (Phi) is 4.70. The first-order chi connectivity index (χ1) is 13.1. The summed E-state index contributed by atoms with van der Waals surface area (Å²) in [5, 5.41) is 0. The molecule has 2 heterocycles. The summed E-state index contributed by atoms with van der Waals surface area (Å²) >= 11 is 0. The summed E-state index contributed by atoms with van der Waals surface area (Å²) in [6.07, 6.45) is 0.276. The third kappa shape index (κ3) is 3.23. The van der Waals surface area contributed by atoms with Crippen molar-refractivity contribution < 1.29 is 9.59 Å². The fraction of sp³-hybridized carbons (Fsp3) is 0.364. The van der Waals surface area contributed by atoms with Gasteiger partial charge in [0.15, 0.2) is 0 Å². The number of benzene rings is 2. The fourth-order valence-corrected chi connectivity index (χ4v) is 4.23. The number of carbonyl (C=O) groups excluding carboxylic acids is 2. The summed E-state index contributed by atoms with van der Waals surface area (Å²) in [4.78, 5) is 31.7. The summed E-state index contributed by atoms with van der Waals surface area (Å²) in [7, 11) is 0. The molecule has 0 spiro atoms. The van der Waals surface area contributed by atoms with Crippen LogP contribution >= 0.6 is 0 Å². The second-order valence-corrected chi connectivity index (χ2v) is 7.39. The molecule has 5 heteroatoms. The highest BCUT2D eigenvalue weighted by molar-refractivity contribution is 6.23. The minimum Gasteiger partial charge on any atom is -0.369 e. The number of amides is 2. The van der Waals surface area contributed by atoms with E-state index < -0.39 is 0 Å². The minimum atomic E-state index is -0.338. The molecule has 0 bridgehead atoms. The Morgan fingerprint density at radius 1 is 0.815 bits per heavy atom. The first kappa shape index (κ1) is 17.7. The van der Waals surface area contributed by atoms with Gasteiger partial charge in [0.2, 0.25) is 5.91 Å². The first-order valence-corrected chi connectivity index (χ1v) is 9.53. The quantitative estimate of drug-likeness (QED) is 0.787. The van der Waals surface area contributed by atoms with Crippen molar-refractivity contribution in [1.82, 2.24) is 4.90 Å². The van der Waals surface area contributed by atoms with Gasteiger partial charge in [-0.2, -0.15) is 0 Å². The van der Waals surface area contributed by atoms with Crippen LogP contribution in [-0.4, -0.2) is 48.9 Å². The molecule has 2 fully saturated rings. The van der Waals surface area contributed by atoms with Gasteiger partial charge in [0.05, 0.1) is 18.2 Å². The number of aryl methyl sites for hydroxylation is 2. The molecule has 140 valence electrons. The molecule has 0 aliphatic carbocycles. The van der Waals surface area contributed by atoms with Gasteiger partial charge in [-0.1, -0.05) is 36.4 Å². The van der Waals surface area contributed by atoms with Gasteiger partial charge in [-0.3, -0.25) is 14.5 Å². The molecule has 0 aromatic heterocycles. The average Bonchev–Trinajstić information content (AvgIpc) is 2.97. The lowest BCUT2D eigenvalue weighted by Gasteiger charge is -2.38. The molecule has 27 heavy (non-hydrogen) atoms. The van der Waals surface area contributed by atoms with Crippen molar-refractivity contribution in [3.8, 4) is 0 Å². The van der Waals surface area contributed by atoms with E-state index in [2.05, 4.69) is 21.9 Å². The van der Waals surface area contributed by atoms with E-state index in [0.717, 1.165) is 43.0 Å². The van der Waals surface area contributed by atoms with Crippen molar-refractivity contribution in [1.29, 1.82) is 0 Å². The molecule has 0 saturated carbocycles. The van der Waals surface area contributed by atoms with E-state index >= 15 is 0 Å². The van der Waals surface area contributed by atoms with Crippen LogP contribution in [0.4, 0.5) is 11.4 Å². The second kappa shape index (κ2) is 7.16. The smallest absolute Gasteiger partial charge is 0.251 e. The zero-order valence-electron chi connectivity index (χ0n) is 15.9. The molecule has 0 unspecified atom stereocenters. The van der Waals surface area contributed by atoms with Crippen LogP contribution in [0.25, 0.3) is 0 Å². The molecular formula is C22H25N3O2. The highest BCUT2D eigenvalue weighted by Crippen LogP contribution is 2.31. The Morgan fingerprint density at radius 2 is 1.44 bits per heavy atom. The number of anilines is 2. The highest BCUT2D eigenvalue weighted by atomic mass is 16.2. The lowest BCUT2D eigenvalue weighted by molar-refractivity contribution is -0.123. The monoisotopic (exact) mass is 363 g/mol. The first-order valence-electron chi connectivity index (χ1n) is 9.53. The number of rotatable bonds is 3. The molecule has 2 aromatic carbocycles. The molecule has 2 aliphatic heterocycles. The zero-order chi connectivity index (χ0) is 19.0. The summed E-state index contributed by atoms with van der Waals surface area (Å²) < 4.78 is 0. The molecule has 2 aromatic rings. The molecule has 0 radical (unpaired) electrons. The highest BCUT2D eigenvalue weighted by Gasteiger charge is 2.44. The second-order valence-electron chi connectivity index (χ2n) is 7.39. The van der Waals surface area contributed by atoms with Crippen LogP contribution in [-0.2, 0) is 9.59 Å². The maximum absolute atomic E-state index is 13.1. The molecular weight excluding hydrogens is 338 g/mol. The molecule has 2 amide bonds. The number of carbonyl (C=O) groups is 2. The van der Waals surface area contributed by atoms with Gasteiger partial charge < -0.3 is 4.90 Å². The van der Waals surface area contributed by atoms with Gasteiger partial charge in [-0.15, -0.1) is 0 Å². The van der Waals surface area contributed by atoms with Crippen molar-refractivity contribution in [2.45, 2.75) is 26.3 Å². The van der Waals surface area contributed by atoms with Crippen molar-refractivity contribution in [3.63, 3.8) is 0 Å². The minimum absolute atomic E-state index is 0.0782. The number of nitrogens with zero attached hydrogens (tertiary/aromatic N) is 3. The van der Waals surface area contributed by atoms with Crippen LogP contribution in [0, 0.1) is 13.8 Å². The van der Waals surface area contributed by atoms with Crippen molar-refractivity contribution in [2.75, 3.05) is 36.0 Å². The Balaban J connectivity index is 1.49. The molecule has 2 aliphatic rings. The summed E-state index contributed by atoms with van der Waals surface area (Å²) in [6, 6.07) is 15.9. The van der Waals surface area contributed by atoms with E-state index in [9.17, 15) is 9.59 Å². The Morgan fingerprint density at radius 3 is 2.07 bits per heavy atom. The van der Waals surface area contributed by atoms with Gasteiger partial charge in [0.1, 0.15) is 0 Å². The Hall–Kier alpha value is -2.66. The summed E-state index contributed by atoms with van der Waals surface area (Å²) in [5.41, 5.74) is 3.90. The fourth-order valence-electron chi connectivity index (χ4n) is 4.23. The maximum atomic E-state index is 13.1. The third-order valence-electron chi connectivity index (χ3n) is 5.66. The number of imide groups is 1. The molecule has 2 saturated heterocycles. The SMILES string of the molecule is Cc1cccc(C)c1N1C(=O)C[C@@H](N2CCN(c3ccccc3)CC2)C1=O. The maximum Gasteiger partial charge on any atom is 0.251 e. The van der Waals surface area contributed by atoms with Crippen LogP contribution < -0.4 is 9.80 Å². The topological polar surface area (TPSA) is 43.9 Å². The van der Waals surface area contributed by atoms with Crippen LogP contribution in [0.5, 0.6) is 0 Å². The van der Waals surface area contributed by atoms with Crippen LogP contribution in [0.1, 0.15) is 17.5 Å². The normalized spacial score (nSPS) is 21.2. The molecule has 4 rings (SSSR count). The standard InChI is InChI=1S/C22H25N3O2/c1-16-7-6-8-17(2)21(16)25-20(26)15-19(22(25)27)24-13-11-23(12-14-24)18-9-4-3-5-10-18/h3-10,19H,11-15H2,1-2H3/t19-/m1/s1. The van der Waals surface area contributed by atoms with E-state index in [-0.39, 0.29) is 24.3 Å². The zero-order valence-corrected chi connectivity index (χ0v) is 15.9. The number of para-hydroxylation sites is 2. The van der Waals surface area contributed by atoms with Crippen molar-refractivity contribution in [3.05, 3.63) is 59.7 Å². The number of piperazine rings is 1. The molecule has 1 atom stereocenters. The van der Waals surface area contributed by atoms with Gasteiger partial charge in [-0.25, -0.2) is 4.90 Å². The predicted molar refractivity (Wildman–Crippen MR) is 107 cm³/mol. The van der Waals surface area contributed by atoms with Crippen LogP contribution in [0.2, 0.25) is 0 Å². The van der Waals surface area contributed by atoms with E-state index in [1.54, 1.807) is 0 Å². The van der Waals surface area contributed by atoms with E-state index in [1.807, 2.05) is 50.2 Å². The molecule has 5 nitrogen and oxygen atoms in total. The number of hydrogen-bond donors (Lipinski definition) is 0. The Bertz CT molecular complexity index is 837. The van der Waals surface area contributed by atoms with Gasteiger partial charge in [0.25, 0.3) is 5.91 Å². The van der Waals surface area contributed by atoms with E-state index in [1.165, 1.54) is 10.6 Å². The Labute approximate surface area is 160 Å². The predicted octanol–water partition coefficient (Wildman–Crippen LogP) is 2.76. The van der Waals surface area contributed by atoms with Crippen molar-refractivity contribution >= 4 is 23.2 Å².